The molecule has 6 nitrogen and oxygen atoms in total. The van der Waals surface area contributed by atoms with Gasteiger partial charge in [0, 0.05) is 42.0 Å². The largest absolute Gasteiger partial charge is 0.348 e. The van der Waals surface area contributed by atoms with Gasteiger partial charge >= 0.3 is 0 Å². The third-order valence-electron chi connectivity index (χ3n) is 3.52. The van der Waals surface area contributed by atoms with Crippen molar-refractivity contribution in [2.75, 3.05) is 5.32 Å². The highest BCUT2D eigenvalue weighted by Crippen LogP contribution is 2.16. The lowest BCUT2D eigenvalue weighted by molar-refractivity contribution is 0.0950. The highest BCUT2D eigenvalue weighted by molar-refractivity contribution is 6.31. The Morgan fingerprint density at radius 3 is 2.46 bits per heavy atom. The fourth-order valence-electron chi connectivity index (χ4n) is 2.24. The van der Waals surface area contributed by atoms with Crippen LogP contribution in [0.25, 0.3) is 0 Å². The van der Waals surface area contributed by atoms with Gasteiger partial charge in [-0.1, -0.05) is 23.7 Å². The summed E-state index contributed by atoms with van der Waals surface area (Å²) in [4.78, 5) is 32.6. The van der Waals surface area contributed by atoms with Gasteiger partial charge in [0.15, 0.2) is 0 Å². The first kappa shape index (κ1) is 17.6. The maximum absolute atomic E-state index is 12.3. The number of pyridine rings is 2. The van der Waals surface area contributed by atoms with Gasteiger partial charge in [-0.15, -0.1) is 0 Å². The summed E-state index contributed by atoms with van der Waals surface area (Å²) in [5.74, 6) is -0.694. The first-order chi connectivity index (χ1) is 12.6. The molecule has 0 atom stereocenters. The molecule has 0 unspecified atom stereocenters. The second kappa shape index (κ2) is 8.22. The first-order valence-corrected chi connectivity index (χ1v) is 8.19. The van der Waals surface area contributed by atoms with Gasteiger partial charge in [-0.2, -0.15) is 0 Å². The smallest absolute Gasteiger partial charge is 0.257 e. The summed E-state index contributed by atoms with van der Waals surface area (Å²) in [5.41, 5.74) is 2.02. The number of halogens is 1. The van der Waals surface area contributed by atoms with Crippen LogP contribution in [0.4, 0.5) is 5.69 Å². The molecular formula is C19H15ClN4O2. The van der Waals surface area contributed by atoms with E-state index in [1.165, 1.54) is 18.5 Å². The van der Waals surface area contributed by atoms with Crippen LogP contribution in [-0.4, -0.2) is 21.8 Å². The number of nitrogens with one attached hydrogen (secondary N) is 2. The maximum Gasteiger partial charge on any atom is 0.257 e. The summed E-state index contributed by atoms with van der Waals surface area (Å²) >= 11 is 5.91. The summed E-state index contributed by atoms with van der Waals surface area (Å²) in [6, 6.07) is 12.0. The molecule has 2 heterocycles. The number of rotatable bonds is 5. The molecule has 7 heteroatoms. The van der Waals surface area contributed by atoms with Gasteiger partial charge in [-0.25, -0.2) is 0 Å². The van der Waals surface area contributed by atoms with Crippen molar-refractivity contribution in [2.24, 2.45) is 0 Å². The van der Waals surface area contributed by atoms with Crippen LogP contribution in [0.1, 0.15) is 26.3 Å². The standard InChI is InChI=1S/C19H15ClN4O2/c20-16-4-1-5-17(8-16)24-19(26)15-7-14(11-22-12-15)18(25)23-10-13-3-2-6-21-9-13/h1-9,11-12H,10H2,(H,23,25)(H,24,26). The van der Waals surface area contributed by atoms with Gasteiger partial charge < -0.3 is 10.6 Å². The van der Waals surface area contributed by atoms with Gasteiger partial charge in [0.2, 0.25) is 0 Å². The summed E-state index contributed by atoms with van der Waals surface area (Å²) in [6.07, 6.45) is 6.15. The number of hydrogen-bond donors (Lipinski definition) is 2. The lowest BCUT2D eigenvalue weighted by Crippen LogP contribution is -2.23. The molecular weight excluding hydrogens is 352 g/mol. The predicted molar refractivity (Wildman–Crippen MR) is 99.0 cm³/mol. The molecule has 0 spiro atoms. The zero-order chi connectivity index (χ0) is 18.4. The van der Waals surface area contributed by atoms with E-state index in [1.807, 2.05) is 6.07 Å². The Bertz CT molecular complexity index is 932. The zero-order valence-corrected chi connectivity index (χ0v) is 14.4. The molecule has 0 radical (unpaired) electrons. The van der Waals surface area contributed by atoms with Crippen LogP contribution in [0.15, 0.2) is 67.3 Å². The van der Waals surface area contributed by atoms with E-state index in [0.29, 0.717) is 22.8 Å². The van der Waals surface area contributed by atoms with Crippen molar-refractivity contribution < 1.29 is 9.59 Å². The van der Waals surface area contributed by atoms with E-state index in [0.717, 1.165) is 5.56 Å². The average Bonchev–Trinajstić information content (AvgIpc) is 2.67. The van der Waals surface area contributed by atoms with Gasteiger partial charge in [0.05, 0.1) is 11.1 Å². The summed E-state index contributed by atoms with van der Waals surface area (Å²) in [5, 5.41) is 6.01. The van der Waals surface area contributed by atoms with Crippen LogP contribution < -0.4 is 10.6 Å². The predicted octanol–water partition coefficient (Wildman–Crippen LogP) is 3.31. The minimum Gasteiger partial charge on any atom is -0.348 e. The van der Waals surface area contributed by atoms with Gasteiger partial charge in [0.25, 0.3) is 11.8 Å². The normalized spacial score (nSPS) is 10.2. The third-order valence-corrected chi connectivity index (χ3v) is 3.76. The number of carbonyl (C=O) groups excluding carboxylic acids is 2. The molecule has 26 heavy (non-hydrogen) atoms. The molecule has 130 valence electrons. The van der Waals surface area contributed by atoms with Crippen LogP contribution in [0.3, 0.4) is 0 Å². The quantitative estimate of drug-likeness (QED) is 0.725. The Hall–Kier alpha value is -3.25. The van der Waals surface area contributed by atoms with Crippen LogP contribution >= 0.6 is 11.6 Å². The number of nitrogens with zero attached hydrogens (tertiary/aromatic N) is 2. The topological polar surface area (TPSA) is 84.0 Å². The lowest BCUT2D eigenvalue weighted by atomic mass is 10.1. The first-order valence-electron chi connectivity index (χ1n) is 7.81. The highest BCUT2D eigenvalue weighted by atomic mass is 35.5. The average molecular weight is 367 g/mol. The molecule has 2 aromatic heterocycles. The molecule has 0 bridgehead atoms. The number of carbonyl (C=O) groups is 2. The molecule has 0 fully saturated rings. The van der Waals surface area contributed by atoms with Crippen molar-refractivity contribution in [1.82, 2.24) is 15.3 Å². The number of hydrogen-bond acceptors (Lipinski definition) is 4. The van der Waals surface area contributed by atoms with E-state index in [9.17, 15) is 9.59 Å². The minimum absolute atomic E-state index is 0.277. The molecule has 3 aromatic rings. The lowest BCUT2D eigenvalue weighted by Gasteiger charge is -2.08. The molecule has 2 amide bonds. The number of anilines is 1. The van der Waals surface area contributed by atoms with Crippen molar-refractivity contribution in [3.63, 3.8) is 0 Å². The molecule has 3 rings (SSSR count). The Kier molecular flexibility index (Phi) is 5.56. The van der Waals surface area contributed by atoms with E-state index in [4.69, 9.17) is 11.6 Å². The Balaban J connectivity index is 1.67. The van der Waals surface area contributed by atoms with Crippen molar-refractivity contribution in [3.8, 4) is 0 Å². The van der Waals surface area contributed by atoms with Crippen molar-refractivity contribution in [1.29, 1.82) is 0 Å². The Morgan fingerprint density at radius 2 is 1.73 bits per heavy atom. The molecule has 0 aliphatic carbocycles. The monoisotopic (exact) mass is 366 g/mol. The van der Waals surface area contributed by atoms with E-state index < -0.39 is 0 Å². The van der Waals surface area contributed by atoms with E-state index in [-0.39, 0.29) is 17.4 Å². The van der Waals surface area contributed by atoms with Crippen LogP contribution in [0.5, 0.6) is 0 Å². The molecule has 2 N–H and O–H groups in total. The van der Waals surface area contributed by atoms with Crippen LogP contribution in [-0.2, 0) is 6.54 Å². The number of aromatic nitrogens is 2. The van der Waals surface area contributed by atoms with Crippen molar-refractivity contribution in [2.45, 2.75) is 6.54 Å². The third kappa shape index (κ3) is 4.64. The van der Waals surface area contributed by atoms with Crippen molar-refractivity contribution >= 4 is 29.1 Å². The molecule has 0 saturated heterocycles. The minimum atomic E-state index is -0.373. The van der Waals surface area contributed by atoms with Gasteiger partial charge in [-0.3, -0.25) is 19.6 Å². The Labute approximate surface area is 155 Å². The second-order valence-electron chi connectivity index (χ2n) is 5.47. The SMILES string of the molecule is O=C(NCc1cccnc1)c1cncc(C(=O)Nc2cccc(Cl)c2)c1. The number of amides is 2. The summed E-state index contributed by atoms with van der Waals surface area (Å²) in [6.45, 7) is 0.339. The van der Waals surface area contributed by atoms with Crippen LogP contribution in [0, 0.1) is 0 Å². The number of benzene rings is 1. The van der Waals surface area contributed by atoms with Gasteiger partial charge in [-0.05, 0) is 35.9 Å². The Morgan fingerprint density at radius 1 is 0.923 bits per heavy atom. The molecule has 0 saturated carbocycles. The zero-order valence-electron chi connectivity index (χ0n) is 13.6. The van der Waals surface area contributed by atoms with E-state index in [1.54, 1.807) is 42.7 Å². The summed E-state index contributed by atoms with van der Waals surface area (Å²) < 4.78 is 0. The molecule has 1 aromatic carbocycles. The summed E-state index contributed by atoms with van der Waals surface area (Å²) in [7, 11) is 0. The molecule has 0 aliphatic heterocycles. The highest BCUT2D eigenvalue weighted by Gasteiger charge is 2.12. The molecule has 0 aliphatic rings. The van der Waals surface area contributed by atoms with Gasteiger partial charge in [0.1, 0.15) is 0 Å². The van der Waals surface area contributed by atoms with E-state index in [2.05, 4.69) is 20.6 Å². The van der Waals surface area contributed by atoms with E-state index >= 15 is 0 Å². The fourth-order valence-corrected chi connectivity index (χ4v) is 2.44. The van der Waals surface area contributed by atoms with Crippen LogP contribution in [0.2, 0.25) is 5.02 Å². The second-order valence-corrected chi connectivity index (χ2v) is 5.91. The fraction of sp³-hybridized carbons (Fsp3) is 0.0526. The van der Waals surface area contributed by atoms with Crippen molar-refractivity contribution in [3.05, 3.63) is 89.0 Å². The maximum atomic E-state index is 12.3.